The standard InChI is InChI=1S/C25H25NO8S/c1-16-10-12-18(35(29,30)26(2)20-8-6-7-9-21(20)31-3)15-19(16)25(28)34-22-13-11-17(24(27)33-5)14-23(22)32-4/h6-15H,1-5H3. The fourth-order valence-electron chi connectivity index (χ4n) is 3.31. The number of ether oxygens (including phenoxy) is 4. The summed E-state index contributed by atoms with van der Waals surface area (Å²) in [5, 5.41) is 0. The highest BCUT2D eigenvalue weighted by Crippen LogP contribution is 2.32. The van der Waals surface area contributed by atoms with Crippen LogP contribution in [0.1, 0.15) is 26.3 Å². The number of nitrogens with zero attached hydrogens (tertiary/aromatic N) is 1. The third-order valence-corrected chi connectivity index (χ3v) is 7.07. The van der Waals surface area contributed by atoms with E-state index in [9.17, 15) is 18.0 Å². The van der Waals surface area contributed by atoms with E-state index in [1.54, 1.807) is 31.2 Å². The maximum absolute atomic E-state index is 13.3. The summed E-state index contributed by atoms with van der Waals surface area (Å²) in [5.74, 6) is -0.784. The van der Waals surface area contributed by atoms with E-state index in [-0.39, 0.29) is 27.5 Å². The van der Waals surface area contributed by atoms with E-state index in [0.29, 0.717) is 17.0 Å². The van der Waals surface area contributed by atoms with Crippen LogP contribution in [0.3, 0.4) is 0 Å². The lowest BCUT2D eigenvalue weighted by Gasteiger charge is -2.22. The number of carbonyl (C=O) groups excluding carboxylic acids is 2. The van der Waals surface area contributed by atoms with Gasteiger partial charge in [-0.05, 0) is 55.0 Å². The lowest BCUT2D eigenvalue weighted by Crippen LogP contribution is -2.27. The Labute approximate surface area is 203 Å². The zero-order valence-electron chi connectivity index (χ0n) is 19.9. The molecule has 0 heterocycles. The number of carbonyl (C=O) groups is 2. The van der Waals surface area contributed by atoms with Gasteiger partial charge in [-0.2, -0.15) is 0 Å². The predicted octanol–water partition coefficient (Wildman–Crippen LogP) is 3.84. The molecule has 0 unspecified atom stereocenters. The third-order valence-electron chi connectivity index (χ3n) is 5.30. The van der Waals surface area contributed by atoms with Gasteiger partial charge in [-0.1, -0.05) is 18.2 Å². The number of anilines is 1. The average molecular weight is 500 g/mol. The van der Waals surface area contributed by atoms with Gasteiger partial charge in [-0.3, -0.25) is 4.31 Å². The van der Waals surface area contributed by atoms with Crippen molar-refractivity contribution in [1.82, 2.24) is 0 Å². The molecule has 0 fully saturated rings. The zero-order chi connectivity index (χ0) is 25.8. The molecule has 0 saturated heterocycles. The van der Waals surface area contributed by atoms with Gasteiger partial charge in [0.25, 0.3) is 10.0 Å². The van der Waals surface area contributed by atoms with E-state index in [1.165, 1.54) is 64.8 Å². The van der Waals surface area contributed by atoms with Gasteiger partial charge in [0.05, 0.1) is 43.0 Å². The van der Waals surface area contributed by atoms with Crippen LogP contribution in [-0.4, -0.2) is 48.7 Å². The minimum absolute atomic E-state index is 0.0543. The van der Waals surface area contributed by atoms with Gasteiger partial charge in [-0.15, -0.1) is 0 Å². The number of para-hydroxylation sites is 2. The van der Waals surface area contributed by atoms with Crippen molar-refractivity contribution in [2.45, 2.75) is 11.8 Å². The van der Waals surface area contributed by atoms with Crippen LogP contribution in [0, 0.1) is 6.92 Å². The third kappa shape index (κ3) is 5.22. The molecule has 3 aromatic rings. The van der Waals surface area contributed by atoms with Gasteiger partial charge < -0.3 is 18.9 Å². The summed E-state index contributed by atoms with van der Waals surface area (Å²) < 4.78 is 48.4. The fourth-order valence-corrected chi connectivity index (χ4v) is 4.54. The Morgan fingerprint density at radius 3 is 2.14 bits per heavy atom. The average Bonchev–Trinajstić information content (AvgIpc) is 2.87. The number of benzene rings is 3. The molecule has 0 N–H and O–H groups in total. The van der Waals surface area contributed by atoms with Crippen molar-refractivity contribution in [3.05, 3.63) is 77.4 Å². The quantitative estimate of drug-likeness (QED) is 0.340. The molecule has 0 spiro atoms. The Balaban J connectivity index is 1.95. The first-order chi connectivity index (χ1) is 16.6. The Kier molecular flexibility index (Phi) is 7.65. The van der Waals surface area contributed by atoms with Gasteiger partial charge >= 0.3 is 11.9 Å². The molecule has 0 bridgehead atoms. The summed E-state index contributed by atoms with van der Waals surface area (Å²) in [6.07, 6.45) is 0. The molecule has 10 heteroatoms. The van der Waals surface area contributed by atoms with Gasteiger partial charge in [0.2, 0.25) is 0 Å². The number of hydrogen-bond donors (Lipinski definition) is 0. The molecule has 0 aliphatic rings. The van der Waals surface area contributed by atoms with Gasteiger partial charge in [0.1, 0.15) is 5.75 Å². The summed E-state index contributed by atoms with van der Waals surface area (Å²) in [4.78, 5) is 24.7. The minimum Gasteiger partial charge on any atom is -0.495 e. The highest BCUT2D eigenvalue weighted by atomic mass is 32.2. The summed E-state index contributed by atoms with van der Waals surface area (Å²) in [7, 11) is 1.43. The molecule has 184 valence electrons. The molecule has 9 nitrogen and oxygen atoms in total. The van der Waals surface area contributed by atoms with Crippen molar-refractivity contribution >= 4 is 27.6 Å². The van der Waals surface area contributed by atoms with Crippen LogP contribution in [-0.2, 0) is 14.8 Å². The SMILES string of the molecule is COC(=O)c1ccc(OC(=O)c2cc(S(=O)(=O)N(C)c3ccccc3OC)ccc2C)c(OC)c1. The Morgan fingerprint density at radius 1 is 0.800 bits per heavy atom. The molecule has 35 heavy (non-hydrogen) atoms. The number of sulfonamides is 1. The van der Waals surface area contributed by atoms with Crippen molar-refractivity contribution < 1.29 is 37.0 Å². The molecule has 0 amide bonds. The second kappa shape index (κ2) is 10.5. The van der Waals surface area contributed by atoms with Crippen molar-refractivity contribution in [2.75, 3.05) is 32.7 Å². The molecule has 3 aromatic carbocycles. The van der Waals surface area contributed by atoms with Crippen molar-refractivity contribution in [3.8, 4) is 17.2 Å². The van der Waals surface area contributed by atoms with Crippen LogP contribution >= 0.6 is 0 Å². The summed E-state index contributed by atoms with van der Waals surface area (Å²) >= 11 is 0. The van der Waals surface area contributed by atoms with Crippen molar-refractivity contribution in [3.63, 3.8) is 0 Å². The van der Waals surface area contributed by atoms with E-state index in [4.69, 9.17) is 14.2 Å². The lowest BCUT2D eigenvalue weighted by atomic mass is 10.1. The molecule has 0 radical (unpaired) electrons. The summed E-state index contributed by atoms with van der Waals surface area (Å²) in [5.41, 5.74) is 1.13. The molecule has 0 atom stereocenters. The largest absolute Gasteiger partial charge is 0.495 e. The van der Waals surface area contributed by atoms with Crippen LogP contribution in [0.5, 0.6) is 17.2 Å². The molecular weight excluding hydrogens is 474 g/mol. The monoisotopic (exact) mass is 499 g/mol. The fraction of sp³-hybridized carbons (Fsp3) is 0.200. The molecule has 0 aromatic heterocycles. The van der Waals surface area contributed by atoms with E-state index in [0.717, 1.165) is 4.31 Å². The number of esters is 2. The zero-order valence-corrected chi connectivity index (χ0v) is 20.7. The maximum Gasteiger partial charge on any atom is 0.343 e. The summed E-state index contributed by atoms with van der Waals surface area (Å²) in [6, 6.07) is 15.1. The number of rotatable bonds is 8. The van der Waals surface area contributed by atoms with E-state index in [1.807, 2.05) is 0 Å². The minimum atomic E-state index is -4.03. The topological polar surface area (TPSA) is 108 Å². The second-order valence-corrected chi connectivity index (χ2v) is 9.34. The molecule has 0 saturated carbocycles. The summed E-state index contributed by atoms with van der Waals surface area (Å²) in [6.45, 7) is 1.66. The Bertz CT molecular complexity index is 1370. The number of hydrogen-bond acceptors (Lipinski definition) is 8. The molecule has 0 aliphatic carbocycles. The highest BCUT2D eigenvalue weighted by Gasteiger charge is 2.26. The van der Waals surface area contributed by atoms with Crippen molar-refractivity contribution in [1.29, 1.82) is 0 Å². The number of aryl methyl sites for hydroxylation is 1. The first-order valence-electron chi connectivity index (χ1n) is 10.3. The normalized spacial score (nSPS) is 10.9. The Hall–Kier alpha value is -4.05. The second-order valence-electron chi connectivity index (χ2n) is 7.37. The molecular formula is C25H25NO8S. The first kappa shape index (κ1) is 25.6. The van der Waals surface area contributed by atoms with E-state index in [2.05, 4.69) is 4.74 Å². The Morgan fingerprint density at radius 2 is 1.49 bits per heavy atom. The number of methoxy groups -OCH3 is 3. The van der Waals surface area contributed by atoms with Crippen LogP contribution in [0.4, 0.5) is 5.69 Å². The van der Waals surface area contributed by atoms with Crippen LogP contribution in [0.2, 0.25) is 0 Å². The van der Waals surface area contributed by atoms with Gasteiger partial charge in [0, 0.05) is 7.05 Å². The van der Waals surface area contributed by atoms with E-state index < -0.39 is 22.0 Å². The first-order valence-corrected chi connectivity index (χ1v) is 11.8. The molecule has 0 aliphatic heterocycles. The maximum atomic E-state index is 13.3. The van der Waals surface area contributed by atoms with Gasteiger partial charge in [0.15, 0.2) is 11.5 Å². The predicted molar refractivity (Wildman–Crippen MR) is 129 cm³/mol. The van der Waals surface area contributed by atoms with Crippen LogP contribution in [0.15, 0.2) is 65.6 Å². The van der Waals surface area contributed by atoms with Crippen LogP contribution < -0.4 is 18.5 Å². The van der Waals surface area contributed by atoms with Crippen LogP contribution in [0.25, 0.3) is 0 Å². The molecule has 3 rings (SSSR count). The van der Waals surface area contributed by atoms with E-state index >= 15 is 0 Å². The highest BCUT2D eigenvalue weighted by molar-refractivity contribution is 7.92. The van der Waals surface area contributed by atoms with Crippen molar-refractivity contribution in [2.24, 2.45) is 0 Å². The smallest absolute Gasteiger partial charge is 0.343 e. The lowest BCUT2D eigenvalue weighted by molar-refractivity contribution is 0.0600. The van der Waals surface area contributed by atoms with Gasteiger partial charge in [-0.25, -0.2) is 18.0 Å².